The van der Waals surface area contributed by atoms with Gasteiger partial charge in [-0.3, -0.25) is 4.79 Å². The van der Waals surface area contributed by atoms with Crippen LogP contribution < -0.4 is 4.72 Å². The molecule has 1 saturated carbocycles. The average molecular weight is 345 g/mol. The third-order valence-corrected chi connectivity index (χ3v) is 5.70. The Bertz CT molecular complexity index is 855. The molecular weight excluding hydrogens is 326 g/mol. The van der Waals surface area contributed by atoms with Crippen molar-refractivity contribution in [2.75, 3.05) is 0 Å². The van der Waals surface area contributed by atoms with Crippen molar-refractivity contribution in [3.63, 3.8) is 0 Å². The number of hydrogen-bond donors (Lipinski definition) is 2. The number of aryl methyl sites for hydroxylation is 1. The van der Waals surface area contributed by atoms with Gasteiger partial charge in [-0.2, -0.15) is 4.72 Å². The molecule has 0 aromatic heterocycles. The number of benzene rings is 2. The van der Waals surface area contributed by atoms with Gasteiger partial charge in [0.05, 0.1) is 4.90 Å². The summed E-state index contributed by atoms with van der Waals surface area (Å²) in [5.74, 6) is -0.698. The molecule has 0 bridgehead atoms. The Balaban J connectivity index is 1.88. The van der Waals surface area contributed by atoms with Crippen LogP contribution in [0.15, 0.2) is 53.4 Å². The van der Waals surface area contributed by atoms with Crippen molar-refractivity contribution in [1.29, 1.82) is 0 Å². The predicted molar refractivity (Wildman–Crippen MR) is 90.3 cm³/mol. The maximum absolute atomic E-state index is 12.6. The minimum Gasteiger partial charge on any atom is -0.480 e. The van der Waals surface area contributed by atoms with E-state index in [0.717, 1.165) is 24.0 Å². The molecule has 0 amide bonds. The van der Waals surface area contributed by atoms with Crippen LogP contribution in [-0.2, 0) is 14.8 Å². The van der Waals surface area contributed by atoms with Crippen LogP contribution in [0.1, 0.15) is 41.5 Å². The molecule has 0 radical (unpaired) electrons. The van der Waals surface area contributed by atoms with Crippen molar-refractivity contribution >= 4 is 16.0 Å². The fraction of sp³-hybridized carbons (Fsp3) is 0.278. The lowest BCUT2D eigenvalue weighted by atomic mass is 10.0. The lowest BCUT2D eigenvalue weighted by Crippen LogP contribution is -2.34. The van der Waals surface area contributed by atoms with Gasteiger partial charge in [0.15, 0.2) is 0 Å². The molecule has 1 aliphatic rings. The first-order valence-electron chi connectivity index (χ1n) is 7.79. The van der Waals surface area contributed by atoms with Crippen LogP contribution in [0.5, 0.6) is 0 Å². The molecule has 24 heavy (non-hydrogen) atoms. The van der Waals surface area contributed by atoms with E-state index in [4.69, 9.17) is 0 Å². The monoisotopic (exact) mass is 345 g/mol. The van der Waals surface area contributed by atoms with Crippen LogP contribution in [0, 0.1) is 6.92 Å². The van der Waals surface area contributed by atoms with Crippen LogP contribution >= 0.6 is 0 Å². The summed E-state index contributed by atoms with van der Waals surface area (Å²) in [6, 6.07) is 12.2. The smallest absolute Gasteiger partial charge is 0.326 e. The first-order chi connectivity index (χ1) is 11.4. The number of sulfonamides is 1. The fourth-order valence-electron chi connectivity index (χ4n) is 2.72. The van der Waals surface area contributed by atoms with Crippen molar-refractivity contribution in [3.05, 3.63) is 65.2 Å². The summed E-state index contributed by atoms with van der Waals surface area (Å²) < 4.78 is 27.4. The van der Waals surface area contributed by atoms with Crippen LogP contribution in [0.3, 0.4) is 0 Å². The standard InChI is InChI=1S/C18H19NO4S/c1-12-4-2-3-5-16(12)17(18(20)21)19-24(22,23)15-10-8-14(9-11-15)13-6-7-13/h2-5,8-11,13,17,19H,6-7H2,1H3,(H,20,21). The number of nitrogens with one attached hydrogen (secondary N) is 1. The normalized spacial score (nSPS) is 15.9. The Hall–Kier alpha value is -2.18. The van der Waals surface area contributed by atoms with Gasteiger partial charge in [-0.25, -0.2) is 8.42 Å². The van der Waals surface area contributed by atoms with Crippen LogP contribution in [0.25, 0.3) is 0 Å². The predicted octanol–water partition coefficient (Wildman–Crippen LogP) is 2.98. The number of aliphatic carboxylic acids is 1. The average Bonchev–Trinajstić information content (AvgIpc) is 3.38. The van der Waals surface area contributed by atoms with Crippen molar-refractivity contribution in [3.8, 4) is 0 Å². The summed E-state index contributed by atoms with van der Waals surface area (Å²) in [4.78, 5) is 11.7. The Morgan fingerprint density at radius 2 is 1.75 bits per heavy atom. The van der Waals surface area contributed by atoms with Crippen LogP contribution in [-0.4, -0.2) is 19.5 Å². The third-order valence-electron chi connectivity index (χ3n) is 4.26. The van der Waals surface area contributed by atoms with Gasteiger partial charge in [-0.15, -0.1) is 0 Å². The van der Waals surface area contributed by atoms with Crippen LogP contribution in [0.4, 0.5) is 0 Å². The van der Waals surface area contributed by atoms with E-state index in [2.05, 4.69) is 4.72 Å². The second-order valence-corrected chi connectivity index (χ2v) is 7.81. The van der Waals surface area contributed by atoms with Gasteiger partial charge in [-0.1, -0.05) is 36.4 Å². The van der Waals surface area contributed by atoms with E-state index in [9.17, 15) is 18.3 Å². The molecule has 126 valence electrons. The summed E-state index contributed by atoms with van der Waals surface area (Å²) in [6.45, 7) is 1.75. The Labute approximate surface area is 141 Å². The van der Waals surface area contributed by atoms with E-state index in [1.165, 1.54) is 12.1 Å². The summed E-state index contributed by atoms with van der Waals surface area (Å²) in [6.07, 6.45) is 2.28. The topological polar surface area (TPSA) is 83.5 Å². The second kappa shape index (κ2) is 6.37. The van der Waals surface area contributed by atoms with Gasteiger partial charge >= 0.3 is 5.97 Å². The zero-order chi connectivity index (χ0) is 17.3. The highest BCUT2D eigenvalue weighted by atomic mass is 32.2. The molecule has 5 nitrogen and oxygen atoms in total. The molecule has 2 N–H and O–H groups in total. The zero-order valence-electron chi connectivity index (χ0n) is 13.3. The highest BCUT2D eigenvalue weighted by Gasteiger charge is 2.29. The molecule has 2 aromatic carbocycles. The van der Waals surface area contributed by atoms with E-state index in [1.807, 2.05) is 0 Å². The maximum atomic E-state index is 12.6. The van der Waals surface area contributed by atoms with Crippen molar-refractivity contribution in [1.82, 2.24) is 4.72 Å². The Morgan fingerprint density at radius 1 is 1.12 bits per heavy atom. The molecule has 0 saturated heterocycles. The molecule has 0 aliphatic heterocycles. The molecule has 1 atom stereocenters. The molecule has 3 rings (SSSR count). The molecule has 2 aromatic rings. The van der Waals surface area contributed by atoms with Crippen molar-refractivity contribution < 1.29 is 18.3 Å². The largest absolute Gasteiger partial charge is 0.480 e. The highest BCUT2D eigenvalue weighted by molar-refractivity contribution is 7.89. The third kappa shape index (κ3) is 3.49. The number of carboxylic acids is 1. The second-order valence-electron chi connectivity index (χ2n) is 6.09. The zero-order valence-corrected chi connectivity index (χ0v) is 14.1. The maximum Gasteiger partial charge on any atom is 0.326 e. The minimum absolute atomic E-state index is 0.0757. The molecule has 0 heterocycles. The number of carboxylic acid groups (broad SMARTS) is 1. The molecule has 1 fully saturated rings. The molecule has 1 aliphatic carbocycles. The Morgan fingerprint density at radius 3 is 2.29 bits per heavy atom. The summed E-state index contributed by atoms with van der Waals surface area (Å²) >= 11 is 0. The van der Waals surface area contributed by atoms with Gasteiger partial charge in [0.1, 0.15) is 6.04 Å². The van der Waals surface area contributed by atoms with E-state index in [0.29, 0.717) is 11.5 Å². The molecular formula is C18H19NO4S. The van der Waals surface area contributed by atoms with Crippen LogP contribution in [0.2, 0.25) is 0 Å². The SMILES string of the molecule is Cc1ccccc1C(NS(=O)(=O)c1ccc(C2CC2)cc1)C(=O)O. The van der Waals surface area contributed by atoms with Gasteiger partial charge in [0.25, 0.3) is 0 Å². The van der Waals surface area contributed by atoms with Gasteiger partial charge in [0.2, 0.25) is 10.0 Å². The summed E-state index contributed by atoms with van der Waals surface area (Å²) in [5, 5.41) is 9.46. The summed E-state index contributed by atoms with van der Waals surface area (Å²) in [5.41, 5.74) is 2.28. The van der Waals surface area contributed by atoms with Gasteiger partial charge in [-0.05, 0) is 54.5 Å². The van der Waals surface area contributed by atoms with Gasteiger partial charge < -0.3 is 5.11 Å². The molecule has 0 spiro atoms. The lowest BCUT2D eigenvalue weighted by Gasteiger charge is -2.17. The van der Waals surface area contributed by atoms with E-state index in [1.54, 1.807) is 43.3 Å². The lowest BCUT2D eigenvalue weighted by molar-refractivity contribution is -0.139. The molecule has 6 heteroatoms. The number of carbonyl (C=O) groups is 1. The van der Waals surface area contributed by atoms with Crippen molar-refractivity contribution in [2.45, 2.75) is 36.6 Å². The Kier molecular flexibility index (Phi) is 4.43. The first-order valence-corrected chi connectivity index (χ1v) is 9.27. The van der Waals surface area contributed by atoms with E-state index < -0.39 is 22.0 Å². The van der Waals surface area contributed by atoms with Gasteiger partial charge in [0, 0.05) is 0 Å². The minimum atomic E-state index is -3.92. The summed E-state index contributed by atoms with van der Waals surface area (Å²) in [7, 11) is -3.92. The van der Waals surface area contributed by atoms with Crippen molar-refractivity contribution in [2.24, 2.45) is 0 Å². The quantitative estimate of drug-likeness (QED) is 0.843. The first kappa shape index (κ1) is 16.7. The van der Waals surface area contributed by atoms with E-state index >= 15 is 0 Å². The number of rotatable bonds is 6. The molecule has 1 unspecified atom stereocenters. The van der Waals surface area contributed by atoms with E-state index in [-0.39, 0.29) is 4.90 Å². The highest BCUT2D eigenvalue weighted by Crippen LogP contribution is 2.40. The fourth-order valence-corrected chi connectivity index (χ4v) is 3.89. The number of hydrogen-bond acceptors (Lipinski definition) is 3.